The summed E-state index contributed by atoms with van der Waals surface area (Å²) in [5.74, 6) is 0.432. The summed E-state index contributed by atoms with van der Waals surface area (Å²) in [5.41, 5.74) is 8.75. The molecular formula is C17H19IN2O2. The second-order valence-electron chi connectivity index (χ2n) is 5.01. The second kappa shape index (κ2) is 7.49. The Morgan fingerprint density at radius 2 is 2.05 bits per heavy atom. The zero-order valence-electron chi connectivity index (χ0n) is 12.7. The van der Waals surface area contributed by atoms with Gasteiger partial charge in [-0.3, -0.25) is 4.79 Å². The molecule has 0 radical (unpaired) electrons. The number of nitrogens with one attached hydrogen (secondary N) is 1. The van der Waals surface area contributed by atoms with E-state index in [2.05, 4.69) is 27.9 Å². The number of anilines is 2. The van der Waals surface area contributed by atoms with Crippen LogP contribution in [0.25, 0.3) is 0 Å². The Labute approximate surface area is 144 Å². The summed E-state index contributed by atoms with van der Waals surface area (Å²) < 4.78 is 6.65. The minimum absolute atomic E-state index is 0.182. The van der Waals surface area contributed by atoms with Gasteiger partial charge in [0.25, 0.3) is 5.91 Å². The zero-order valence-corrected chi connectivity index (χ0v) is 14.8. The van der Waals surface area contributed by atoms with Crippen molar-refractivity contribution in [1.82, 2.24) is 0 Å². The van der Waals surface area contributed by atoms with Crippen LogP contribution in [0.2, 0.25) is 0 Å². The number of nitrogen functional groups attached to an aromatic ring is 1. The molecule has 0 atom stereocenters. The monoisotopic (exact) mass is 410 g/mol. The highest BCUT2D eigenvalue weighted by atomic mass is 127. The van der Waals surface area contributed by atoms with Crippen LogP contribution in [0.15, 0.2) is 36.4 Å². The normalized spacial score (nSPS) is 10.3. The van der Waals surface area contributed by atoms with Crippen LogP contribution in [0.1, 0.15) is 29.3 Å². The first kappa shape index (κ1) is 16.6. The van der Waals surface area contributed by atoms with Crippen LogP contribution in [-0.2, 0) is 0 Å². The Bertz CT molecular complexity index is 686. The molecule has 0 spiro atoms. The predicted molar refractivity (Wildman–Crippen MR) is 98.5 cm³/mol. The van der Waals surface area contributed by atoms with Gasteiger partial charge < -0.3 is 15.8 Å². The number of nitrogens with two attached hydrogens (primary N) is 1. The number of rotatable bonds is 5. The van der Waals surface area contributed by atoms with Gasteiger partial charge in [-0.1, -0.05) is 6.92 Å². The van der Waals surface area contributed by atoms with E-state index in [9.17, 15) is 4.79 Å². The van der Waals surface area contributed by atoms with Gasteiger partial charge in [0.2, 0.25) is 0 Å². The van der Waals surface area contributed by atoms with Gasteiger partial charge in [-0.2, -0.15) is 0 Å². The molecule has 0 heterocycles. The summed E-state index contributed by atoms with van der Waals surface area (Å²) in [6, 6.07) is 11.0. The van der Waals surface area contributed by atoms with E-state index in [1.165, 1.54) is 0 Å². The number of aryl methyl sites for hydroxylation is 1. The van der Waals surface area contributed by atoms with Crippen LogP contribution >= 0.6 is 22.6 Å². The lowest BCUT2D eigenvalue weighted by Crippen LogP contribution is -2.13. The number of halogens is 1. The summed E-state index contributed by atoms with van der Waals surface area (Å²) in [6.07, 6.45) is 0.910. The van der Waals surface area contributed by atoms with Crippen LogP contribution < -0.4 is 15.8 Å². The first-order chi connectivity index (χ1) is 10.5. The van der Waals surface area contributed by atoms with Gasteiger partial charge in [0.15, 0.2) is 0 Å². The molecule has 0 aromatic heterocycles. The van der Waals surface area contributed by atoms with Gasteiger partial charge in [0.1, 0.15) is 5.75 Å². The SMILES string of the molecule is CCCOc1ccc(C(=O)Nc2ccc(I)cc2C)cc1N. The summed E-state index contributed by atoms with van der Waals surface area (Å²) in [5, 5.41) is 2.90. The van der Waals surface area contributed by atoms with Crippen molar-refractivity contribution in [3.63, 3.8) is 0 Å². The molecule has 0 aliphatic heterocycles. The minimum Gasteiger partial charge on any atom is -0.491 e. The number of amides is 1. The lowest BCUT2D eigenvalue weighted by atomic mass is 10.1. The Morgan fingerprint density at radius 1 is 1.27 bits per heavy atom. The maximum atomic E-state index is 12.3. The first-order valence-corrected chi connectivity index (χ1v) is 8.19. The maximum Gasteiger partial charge on any atom is 0.255 e. The number of hydrogen-bond donors (Lipinski definition) is 2. The van der Waals surface area contributed by atoms with E-state index in [1.54, 1.807) is 18.2 Å². The topological polar surface area (TPSA) is 64.3 Å². The van der Waals surface area contributed by atoms with E-state index in [0.717, 1.165) is 21.2 Å². The molecule has 3 N–H and O–H groups in total. The molecule has 0 saturated heterocycles. The lowest BCUT2D eigenvalue weighted by molar-refractivity contribution is 0.102. The van der Waals surface area contributed by atoms with Crippen molar-refractivity contribution in [2.24, 2.45) is 0 Å². The number of benzene rings is 2. The van der Waals surface area contributed by atoms with E-state index in [1.807, 2.05) is 32.0 Å². The smallest absolute Gasteiger partial charge is 0.255 e. The molecule has 2 aromatic carbocycles. The number of carbonyl (C=O) groups excluding carboxylic acids is 1. The highest BCUT2D eigenvalue weighted by Crippen LogP contribution is 2.24. The maximum absolute atomic E-state index is 12.3. The van der Waals surface area contributed by atoms with Gasteiger partial charge in [0, 0.05) is 14.8 Å². The van der Waals surface area contributed by atoms with Crippen LogP contribution in [0.5, 0.6) is 5.75 Å². The molecular weight excluding hydrogens is 391 g/mol. The molecule has 4 nitrogen and oxygen atoms in total. The standard InChI is InChI=1S/C17H19IN2O2/c1-3-8-22-16-7-4-12(10-14(16)19)17(21)20-15-6-5-13(18)9-11(15)2/h4-7,9-10H,3,8,19H2,1-2H3,(H,20,21). The Morgan fingerprint density at radius 3 is 2.68 bits per heavy atom. The predicted octanol–water partition coefficient (Wildman–Crippen LogP) is 4.22. The molecule has 0 aliphatic rings. The van der Waals surface area contributed by atoms with Crippen LogP contribution in [0.3, 0.4) is 0 Å². The van der Waals surface area contributed by atoms with Crippen molar-refractivity contribution in [3.05, 3.63) is 51.1 Å². The molecule has 22 heavy (non-hydrogen) atoms. The molecule has 0 unspecified atom stereocenters. The van der Waals surface area contributed by atoms with Crippen molar-refractivity contribution in [2.75, 3.05) is 17.7 Å². The number of carbonyl (C=O) groups is 1. The quantitative estimate of drug-likeness (QED) is 0.573. The molecule has 1 amide bonds. The fourth-order valence-electron chi connectivity index (χ4n) is 1.99. The lowest BCUT2D eigenvalue weighted by Gasteiger charge is -2.11. The van der Waals surface area contributed by atoms with E-state index in [-0.39, 0.29) is 5.91 Å². The summed E-state index contributed by atoms with van der Waals surface area (Å²) >= 11 is 2.24. The third kappa shape index (κ3) is 4.13. The summed E-state index contributed by atoms with van der Waals surface area (Å²) in [4.78, 5) is 12.3. The minimum atomic E-state index is -0.182. The van der Waals surface area contributed by atoms with Gasteiger partial charge in [-0.25, -0.2) is 0 Å². The van der Waals surface area contributed by atoms with E-state index in [0.29, 0.717) is 23.6 Å². The van der Waals surface area contributed by atoms with Gasteiger partial charge in [0.05, 0.1) is 12.3 Å². The average Bonchev–Trinajstić information content (AvgIpc) is 2.48. The third-order valence-electron chi connectivity index (χ3n) is 3.17. The van der Waals surface area contributed by atoms with Gasteiger partial charge >= 0.3 is 0 Å². The molecule has 5 heteroatoms. The van der Waals surface area contributed by atoms with E-state index in [4.69, 9.17) is 10.5 Å². The Hall–Kier alpha value is -1.76. The zero-order chi connectivity index (χ0) is 16.1. The molecule has 0 bridgehead atoms. The van der Waals surface area contributed by atoms with Gasteiger partial charge in [-0.15, -0.1) is 0 Å². The Kier molecular flexibility index (Phi) is 5.65. The van der Waals surface area contributed by atoms with Crippen LogP contribution in [-0.4, -0.2) is 12.5 Å². The van der Waals surface area contributed by atoms with E-state index < -0.39 is 0 Å². The third-order valence-corrected chi connectivity index (χ3v) is 3.84. The summed E-state index contributed by atoms with van der Waals surface area (Å²) in [7, 11) is 0. The fraction of sp³-hybridized carbons (Fsp3) is 0.235. The second-order valence-corrected chi connectivity index (χ2v) is 6.26. The highest BCUT2D eigenvalue weighted by Gasteiger charge is 2.10. The van der Waals surface area contributed by atoms with Crippen molar-refractivity contribution in [2.45, 2.75) is 20.3 Å². The molecule has 116 valence electrons. The van der Waals surface area contributed by atoms with E-state index >= 15 is 0 Å². The molecule has 2 aromatic rings. The summed E-state index contributed by atoms with van der Waals surface area (Å²) in [6.45, 7) is 4.60. The highest BCUT2D eigenvalue weighted by molar-refractivity contribution is 14.1. The number of hydrogen-bond acceptors (Lipinski definition) is 3. The van der Waals surface area contributed by atoms with Crippen molar-refractivity contribution >= 4 is 39.9 Å². The average molecular weight is 410 g/mol. The van der Waals surface area contributed by atoms with Crippen LogP contribution in [0.4, 0.5) is 11.4 Å². The van der Waals surface area contributed by atoms with Crippen molar-refractivity contribution < 1.29 is 9.53 Å². The number of ether oxygens (including phenoxy) is 1. The van der Waals surface area contributed by atoms with Crippen LogP contribution in [0, 0.1) is 10.5 Å². The molecule has 0 fully saturated rings. The molecule has 0 aliphatic carbocycles. The van der Waals surface area contributed by atoms with Crippen molar-refractivity contribution in [1.29, 1.82) is 0 Å². The first-order valence-electron chi connectivity index (χ1n) is 7.11. The fourth-order valence-corrected chi connectivity index (χ4v) is 2.64. The molecule has 0 saturated carbocycles. The molecule has 2 rings (SSSR count). The van der Waals surface area contributed by atoms with Gasteiger partial charge in [-0.05, 0) is 77.9 Å². The Balaban J connectivity index is 2.14. The largest absolute Gasteiger partial charge is 0.491 e. The van der Waals surface area contributed by atoms with Crippen molar-refractivity contribution in [3.8, 4) is 5.75 Å².